The lowest BCUT2D eigenvalue weighted by Gasteiger charge is -2.24. The summed E-state index contributed by atoms with van der Waals surface area (Å²) in [5.74, 6) is 0.0445. The van der Waals surface area contributed by atoms with E-state index in [1.54, 1.807) is 17.3 Å². The zero-order valence-electron chi connectivity index (χ0n) is 11.1. The number of carbonyl (C=O) groups is 1. The van der Waals surface area contributed by atoms with Crippen molar-refractivity contribution in [1.82, 2.24) is 9.88 Å². The van der Waals surface area contributed by atoms with E-state index in [9.17, 15) is 4.79 Å². The van der Waals surface area contributed by atoms with Crippen LogP contribution in [0.3, 0.4) is 0 Å². The normalized spacial score (nSPS) is 12.2. The number of thiophene rings is 1. The Kier molecular flexibility index (Phi) is 4.37. The minimum Gasteiger partial charge on any atom is -0.334 e. The van der Waals surface area contributed by atoms with Gasteiger partial charge in [-0.25, -0.2) is 0 Å². The van der Waals surface area contributed by atoms with Gasteiger partial charge in [-0.05, 0) is 59.1 Å². The summed E-state index contributed by atoms with van der Waals surface area (Å²) in [6.45, 7) is 4.01. The molecule has 1 amide bonds. The highest BCUT2D eigenvalue weighted by Gasteiger charge is 2.20. The molecule has 0 aliphatic rings. The van der Waals surface area contributed by atoms with Crippen LogP contribution in [0.4, 0.5) is 0 Å². The molecule has 0 saturated heterocycles. The zero-order valence-corrected chi connectivity index (χ0v) is 13.5. The third-order valence-corrected chi connectivity index (χ3v) is 5.28. The molecule has 1 atom stereocenters. The highest BCUT2D eigenvalue weighted by Crippen LogP contribution is 2.29. The average molecular weight is 339 g/mol. The van der Waals surface area contributed by atoms with Crippen LogP contribution in [0.2, 0.25) is 0 Å². The van der Waals surface area contributed by atoms with Crippen molar-refractivity contribution in [3.63, 3.8) is 0 Å². The number of halogens is 1. The average Bonchev–Trinajstić information content (AvgIpc) is 2.77. The number of nitrogens with zero attached hydrogens (tertiary/aromatic N) is 2. The molecule has 0 aliphatic heterocycles. The molecule has 0 aromatic carbocycles. The lowest BCUT2D eigenvalue weighted by Crippen LogP contribution is -2.29. The third-order valence-electron chi connectivity index (χ3n) is 3.16. The molecule has 100 valence electrons. The standard InChI is InChI=1S/C14H15BrN2OS/c1-9-8-12(19-13(9)15)14(18)17(3)10(2)11-4-6-16-7-5-11/h4-8,10H,1-3H3. The van der Waals surface area contributed by atoms with Crippen LogP contribution in [0.1, 0.15) is 33.8 Å². The summed E-state index contributed by atoms with van der Waals surface area (Å²) in [7, 11) is 1.83. The SMILES string of the molecule is Cc1cc(C(=O)N(C)C(C)c2ccncc2)sc1Br. The molecule has 2 aromatic heterocycles. The summed E-state index contributed by atoms with van der Waals surface area (Å²) in [4.78, 5) is 18.9. The van der Waals surface area contributed by atoms with Crippen LogP contribution in [0.5, 0.6) is 0 Å². The molecule has 0 radical (unpaired) electrons. The lowest BCUT2D eigenvalue weighted by molar-refractivity contribution is 0.0747. The maximum Gasteiger partial charge on any atom is 0.264 e. The maximum atomic E-state index is 12.4. The Labute approximate surface area is 125 Å². The van der Waals surface area contributed by atoms with E-state index in [4.69, 9.17) is 0 Å². The summed E-state index contributed by atoms with van der Waals surface area (Å²) in [6, 6.07) is 5.82. The highest BCUT2D eigenvalue weighted by atomic mass is 79.9. The third kappa shape index (κ3) is 3.04. The summed E-state index contributed by atoms with van der Waals surface area (Å²) >= 11 is 4.93. The second-order valence-electron chi connectivity index (χ2n) is 4.44. The number of pyridine rings is 1. The van der Waals surface area contributed by atoms with Gasteiger partial charge < -0.3 is 4.90 Å². The summed E-state index contributed by atoms with van der Waals surface area (Å²) < 4.78 is 1.01. The van der Waals surface area contributed by atoms with E-state index in [2.05, 4.69) is 20.9 Å². The molecular formula is C14H15BrN2OS. The smallest absolute Gasteiger partial charge is 0.264 e. The van der Waals surface area contributed by atoms with Crippen LogP contribution in [-0.2, 0) is 0 Å². The Bertz CT molecular complexity index is 563. The molecule has 2 heterocycles. The Morgan fingerprint density at radius 3 is 2.58 bits per heavy atom. The molecule has 0 N–H and O–H groups in total. The quantitative estimate of drug-likeness (QED) is 0.845. The van der Waals surface area contributed by atoms with Crippen molar-refractivity contribution in [3.8, 4) is 0 Å². The number of aryl methyl sites for hydroxylation is 1. The number of hydrogen-bond donors (Lipinski definition) is 0. The van der Waals surface area contributed by atoms with Gasteiger partial charge in [0.05, 0.1) is 14.7 Å². The fourth-order valence-electron chi connectivity index (χ4n) is 1.78. The molecule has 0 saturated carbocycles. The van der Waals surface area contributed by atoms with Gasteiger partial charge in [0, 0.05) is 19.4 Å². The topological polar surface area (TPSA) is 33.2 Å². The molecule has 3 nitrogen and oxygen atoms in total. The minimum absolute atomic E-state index is 0.0247. The second kappa shape index (κ2) is 5.84. The summed E-state index contributed by atoms with van der Waals surface area (Å²) in [5, 5.41) is 0. The van der Waals surface area contributed by atoms with E-state index in [-0.39, 0.29) is 11.9 Å². The van der Waals surface area contributed by atoms with E-state index >= 15 is 0 Å². The van der Waals surface area contributed by atoms with Crippen molar-refractivity contribution in [1.29, 1.82) is 0 Å². The van der Waals surface area contributed by atoms with Gasteiger partial charge in [0.2, 0.25) is 0 Å². The van der Waals surface area contributed by atoms with Crippen LogP contribution in [-0.4, -0.2) is 22.8 Å². The van der Waals surface area contributed by atoms with Gasteiger partial charge in [-0.2, -0.15) is 0 Å². The molecule has 0 fully saturated rings. The molecule has 2 rings (SSSR count). The first-order chi connectivity index (χ1) is 9.00. The Balaban J connectivity index is 2.19. The molecule has 0 aliphatic carbocycles. The van der Waals surface area contributed by atoms with E-state index in [1.807, 2.05) is 39.1 Å². The van der Waals surface area contributed by atoms with Gasteiger partial charge in [-0.15, -0.1) is 11.3 Å². The number of amides is 1. The van der Waals surface area contributed by atoms with E-state index < -0.39 is 0 Å². The van der Waals surface area contributed by atoms with Gasteiger partial charge in [0.1, 0.15) is 0 Å². The van der Waals surface area contributed by atoms with Crippen molar-refractivity contribution >= 4 is 33.2 Å². The van der Waals surface area contributed by atoms with Gasteiger partial charge in [0.15, 0.2) is 0 Å². The van der Waals surface area contributed by atoms with E-state index in [0.717, 1.165) is 19.8 Å². The minimum atomic E-state index is 0.0247. The summed E-state index contributed by atoms with van der Waals surface area (Å²) in [5.41, 5.74) is 2.18. The van der Waals surface area contributed by atoms with Gasteiger partial charge in [-0.1, -0.05) is 0 Å². The first-order valence-electron chi connectivity index (χ1n) is 5.93. The Hall–Kier alpha value is -1.20. The fourth-order valence-corrected chi connectivity index (χ4v) is 3.30. The second-order valence-corrected chi connectivity index (χ2v) is 6.81. The van der Waals surface area contributed by atoms with Crippen molar-refractivity contribution < 1.29 is 4.79 Å². The Morgan fingerprint density at radius 2 is 2.05 bits per heavy atom. The molecule has 5 heteroatoms. The van der Waals surface area contributed by atoms with Crippen molar-refractivity contribution in [3.05, 3.63) is 50.4 Å². The number of carbonyl (C=O) groups excluding carboxylic acids is 1. The maximum absolute atomic E-state index is 12.4. The van der Waals surface area contributed by atoms with Crippen molar-refractivity contribution in [2.75, 3.05) is 7.05 Å². The predicted octanol–water partition coefficient (Wildman–Crippen LogP) is 4.05. The number of hydrogen-bond acceptors (Lipinski definition) is 3. The Morgan fingerprint density at radius 1 is 1.42 bits per heavy atom. The predicted molar refractivity (Wildman–Crippen MR) is 81.5 cm³/mol. The number of rotatable bonds is 3. The monoisotopic (exact) mass is 338 g/mol. The molecule has 19 heavy (non-hydrogen) atoms. The fraction of sp³-hybridized carbons (Fsp3) is 0.286. The lowest BCUT2D eigenvalue weighted by atomic mass is 10.1. The molecule has 1 unspecified atom stereocenters. The molecular weight excluding hydrogens is 324 g/mol. The zero-order chi connectivity index (χ0) is 14.0. The van der Waals surface area contributed by atoms with Gasteiger partial charge in [0.25, 0.3) is 5.91 Å². The molecule has 0 spiro atoms. The van der Waals surface area contributed by atoms with Crippen LogP contribution in [0.15, 0.2) is 34.4 Å². The van der Waals surface area contributed by atoms with E-state index in [1.165, 1.54) is 11.3 Å². The van der Waals surface area contributed by atoms with Gasteiger partial charge >= 0.3 is 0 Å². The molecule has 2 aromatic rings. The van der Waals surface area contributed by atoms with Crippen molar-refractivity contribution in [2.45, 2.75) is 19.9 Å². The highest BCUT2D eigenvalue weighted by molar-refractivity contribution is 9.11. The molecule has 0 bridgehead atoms. The van der Waals surface area contributed by atoms with Gasteiger partial charge in [-0.3, -0.25) is 9.78 Å². The van der Waals surface area contributed by atoms with Crippen LogP contribution < -0.4 is 0 Å². The van der Waals surface area contributed by atoms with Crippen molar-refractivity contribution in [2.24, 2.45) is 0 Å². The van der Waals surface area contributed by atoms with E-state index in [0.29, 0.717) is 0 Å². The number of aromatic nitrogens is 1. The van der Waals surface area contributed by atoms with Crippen LogP contribution in [0, 0.1) is 6.92 Å². The summed E-state index contributed by atoms with van der Waals surface area (Å²) in [6.07, 6.45) is 3.49. The first-order valence-corrected chi connectivity index (χ1v) is 7.54. The largest absolute Gasteiger partial charge is 0.334 e. The van der Waals surface area contributed by atoms with Crippen LogP contribution >= 0.6 is 27.3 Å². The first kappa shape index (κ1) is 14.2. The van der Waals surface area contributed by atoms with Crippen LogP contribution in [0.25, 0.3) is 0 Å².